The first-order valence-electron chi connectivity index (χ1n) is 6.71. The summed E-state index contributed by atoms with van der Waals surface area (Å²) in [7, 11) is 1.95. The van der Waals surface area contributed by atoms with E-state index in [0.717, 1.165) is 18.8 Å². The van der Waals surface area contributed by atoms with Crippen LogP contribution in [0.3, 0.4) is 0 Å². The van der Waals surface area contributed by atoms with Crippen LogP contribution in [-0.4, -0.2) is 29.1 Å². The zero-order valence-electron chi connectivity index (χ0n) is 11.5. The third-order valence-corrected chi connectivity index (χ3v) is 3.99. The lowest BCUT2D eigenvalue weighted by Crippen LogP contribution is -2.36. The fourth-order valence-corrected chi connectivity index (χ4v) is 2.66. The van der Waals surface area contributed by atoms with Gasteiger partial charge in [-0.05, 0) is 43.7 Å². The number of carbonyl (C=O) groups is 1. The zero-order valence-corrected chi connectivity index (χ0v) is 11.5. The van der Waals surface area contributed by atoms with Gasteiger partial charge in [-0.25, -0.2) is 9.78 Å². The molecule has 0 atom stereocenters. The van der Waals surface area contributed by atoms with E-state index in [2.05, 4.69) is 11.9 Å². The van der Waals surface area contributed by atoms with Crippen molar-refractivity contribution >= 4 is 17.5 Å². The van der Waals surface area contributed by atoms with E-state index in [4.69, 9.17) is 10.8 Å². The molecule has 1 aliphatic carbocycles. The molecule has 5 heteroatoms. The number of nitrogen functional groups attached to an aromatic ring is 1. The van der Waals surface area contributed by atoms with Gasteiger partial charge >= 0.3 is 5.97 Å². The van der Waals surface area contributed by atoms with E-state index in [1.54, 1.807) is 6.07 Å². The second-order valence-electron chi connectivity index (χ2n) is 5.44. The summed E-state index contributed by atoms with van der Waals surface area (Å²) in [6, 6.07) is 3.46. The number of rotatable bonds is 3. The molecule has 1 heterocycles. The molecule has 0 aliphatic heterocycles. The second kappa shape index (κ2) is 5.47. The van der Waals surface area contributed by atoms with E-state index in [-0.39, 0.29) is 5.69 Å². The Morgan fingerprint density at radius 2 is 2.00 bits per heavy atom. The van der Waals surface area contributed by atoms with E-state index >= 15 is 0 Å². The molecule has 19 heavy (non-hydrogen) atoms. The van der Waals surface area contributed by atoms with Crippen molar-refractivity contribution in [2.75, 3.05) is 17.7 Å². The molecule has 1 fully saturated rings. The number of nitrogens with zero attached hydrogens (tertiary/aromatic N) is 2. The molecule has 0 saturated heterocycles. The molecule has 104 valence electrons. The lowest BCUT2D eigenvalue weighted by molar-refractivity contribution is 0.0690. The maximum Gasteiger partial charge on any atom is 0.354 e. The van der Waals surface area contributed by atoms with Crippen LogP contribution in [0.1, 0.15) is 43.1 Å². The van der Waals surface area contributed by atoms with Crippen molar-refractivity contribution in [3.05, 3.63) is 17.8 Å². The average molecular weight is 263 g/mol. The molecule has 5 nitrogen and oxygen atoms in total. The van der Waals surface area contributed by atoms with Crippen LogP contribution in [0.15, 0.2) is 12.1 Å². The first kappa shape index (κ1) is 13.6. The van der Waals surface area contributed by atoms with Gasteiger partial charge in [0.2, 0.25) is 0 Å². The van der Waals surface area contributed by atoms with Gasteiger partial charge in [0.1, 0.15) is 0 Å². The lowest BCUT2D eigenvalue weighted by Gasteiger charge is -2.34. The van der Waals surface area contributed by atoms with Gasteiger partial charge in [-0.3, -0.25) is 0 Å². The molecule has 1 aliphatic rings. The van der Waals surface area contributed by atoms with Crippen molar-refractivity contribution in [3.63, 3.8) is 0 Å². The minimum absolute atomic E-state index is 0.0419. The summed E-state index contributed by atoms with van der Waals surface area (Å²) in [4.78, 5) is 17.2. The third-order valence-electron chi connectivity index (χ3n) is 3.99. The maximum atomic E-state index is 11.0. The van der Waals surface area contributed by atoms with E-state index < -0.39 is 5.97 Å². The minimum Gasteiger partial charge on any atom is -0.477 e. The maximum absolute atomic E-state index is 11.0. The highest BCUT2D eigenvalue weighted by molar-refractivity contribution is 5.87. The molecule has 1 aromatic heterocycles. The molecule has 0 radical (unpaired) electrons. The van der Waals surface area contributed by atoms with Crippen LogP contribution >= 0.6 is 0 Å². The molecule has 0 spiro atoms. The van der Waals surface area contributed by atoms with Crippen LogP contribution in [0.25, 0.3) is 0 Å². The summed E-state index contributed by atoms with van der Waals surface area (Å²) in [5, 5.41) is 9.01. The number of carboxylic acids is 1. The first-order valence-corrected chi connectivity index (χ1v) is 6.71. The van der Waals surface area contributed by atoms with Gasteiger partial charge in [0.05, 0.1) is 5.69 Å². The lowest BCUT2D eigenvalue weighted by atomic mass is 9.87. The number of hydrogen-bond donors (Lipinski definition) is 2. The number of pyridine rings is 1. The monoisotopic (exact) mass is 263 g/mol. The number of anilines is 2. The van der Waals surface area contributed by atoms with Gasteiger partial charge in [-0.15, -0.1) is 0 Å². The fourth-order valence-electron chi connectivity index (χ4n) is 2.66. The molecule has 2 rings (SSSR count). The standard InChI is InChI=1S/C14H21N3O2/c1-9-3-5-10(6-4-9)17(2)13-11(15)7-8-12(16-13)14(18)19/h7-10H,3-6,15H2,1-2H3,(H,18,19). The van der Waals surface area contributed by atoms with Gasteiger partial charge in [0.15, 0.2) is 11.5 Å². The number of nitrogens with two attached hydrogens (primary N) is 1. The number of carboxylic acid groups (broad SMARTS) is 1. The van der Waals surface area contributed by atoms with Crippen LogP contribution in [-0.2, 0) is 0 Å². The average Bonchev–Trinajstić information content (AvgIpc) is 2.39. The minimum atomic E-state index is -1.02. The smallest absolute Gasteiger partial charge is 0.354 e. The van der Waals surface area contributed by atoms with Gasteiger partial charge in [-0.1, -0.05) is 6.92 Å². The number of hydrogen-bond acceptors (Lipinski definition) is 4. The normalized spacial score (nSPS) is 23.1. The van der Waals surface area contributed by atoms with Gasteiger partial charge < -0.3 is 15.7 Å². The van der Waals surface area contributed by atoms with E-state index in [1.807, 2.05) is 11.9 Å². The third kappa shape index (κ3) is 2.97. The predicted octanol–water partition coefficient (Wildman–Crippen LogP) is 2.38. The largest absolute Gasteiger partial charge is 0.477 e. The Hall–Kier alpha value is -1.78. The summed E-state index contributed by atoms with van der Waals surface area (Å²) in [5.74, 6) is 0.340. The quantitative estimate of drug-likeness (QED) is 0.875. The van der Waals surface area contributed by atoms with Crippen LogP contribution in [0.2, 0.25) is 0 Å². The summed E-state index contributed by atoms with van der Waals surface area (Å²) in [6.45, 7) is 2.27. The Morgan fingerprint density at radius 1 is 1.37 bits per heavy atom. The van der Waals surface area contributed by atoms with Crippen molar-refractivity contribution in [1.82, 2.24) is 4.98 Å². The molecule has 1 aromatic rings. The summed E-state index contributed by atoms with van der Waals surface area (Å²) < 4.78 is 0. The van der Waals surface area contributed by atoms with Crippen molar-refractivity contribution < 1.29 is 9.90 Å². The van der Waals surface area contributed by atoms with Gasteiger partial charge in [0, 0.05) is 13.1 Å². The summed E-state index contributed by atoms with van der Waals surface area (Å²) >= 11 is 0. The predicted molar refractivity (Wildman–Crippen MR) is 75.4 cm³/mol. The van der Waals surface area contributed by atoms with E-state index in [0.29, 0.717) is 17.5 Å². The Morgan fingerprint density at radius 3 is 2.58 bits per heavy atom. The first-order chi connectivity index (χ1) is 8.99. The molecule has 3 N–H and O–H groups in total. The fraction of sp³-hybridized carbons (Fsp3) is 0.571. The number of aromatic nitrogens is 1. The second-order valence-corrected chi connectivity index (χ2v) is 5.44. The van der Waals surface area contributed by atoms with E-state index in [1.165, 1.54) is 18.9 Å². The zero-order chi connectivity index (χ0) is 14.0. The summed E-state index contributed by atoms with van der Waals surface area (Å²) in [6.07, 6.45) is 4.62. The van der Waals surface area contributed by atoms with Gasteiger partial charge in [0.25, 0.3) is 0 Å². The van der Waals surface area contributed by atoms with Crippen molar-refractivity contribution in [2.24, 2.45) is 5.92 Å². The molecule has 0 aromatic carbocycles. The highest BCUT2D eigenvalue weighted by atomic mass is 16.4. The molecular weight excluding hydrogens is 242 g/mol. The van der Waals surface area contributed by atoms with Crippen LogP contribution < -0.4 is 10.6 Å². The van der Waals surface area contributed by atoms with Crippen molar-refractivity contribution in [3.8, 4) is 0 Å². The SMILES string of the molecule is CC1CCC(N(C)c2nc(C(=O)O)ccc2N)CC1. The molecule has 0 unspecified atom stereocenters. The highest BCUT2D eigenvalue weighted by Crippen LogP contribution is 2.30. The van der Waals surface area contributed by atoms with Crippen molar-refractivity contribution in [1.29, 1.82) is 0 Å². The molecular formula is C14H21N3O2. The van der Waals surface area contributed by atoms with Crippen molar-refractivity contribution in [2.45, 2.75) is 38.6 Å². The Kier molecular flexibility index (Phi) is 3.93. The van der Waals surface area contributed by atoms with E-state index in [9.17, 15) is 4.79 Å². The van der Waals surface area contributed by atoms with Crippen LogP contribution in [0.5, 0.6) is 0 Å². The Bertz CT molecular complexity index is 468. The topological polar surface area (TPSA) is 79.5 Å². The summed E-state index contributed by atoms with van der Waals surface area (Å²) in [5.41, 5.74) is 6.50. The van der Waals surface area contributed by atoms with Crippen LogP contribution in [0, 0.1) is 5.92 Å². The highest BCUT2D eigenvalue weighted by Gasteiger charge is 2.24. The Balaban J connectivity index is 2.20. The Labute approximate surface area is 113 Å². The molecule has 0 bridgehead atoms. The molecule has 0 amide bonds. The number of aromatic carboxylic acids is 1. The van der Waals surface area contributed by atoms with Crippen LogP contribution in [0.4, 0.5) is 11.5 Å². The molecule has 1 saturated carbocycles. The van der Waals surface area contributed by atoms with Gasteiger partial charge in [-0.2, -0.15) is 0 Å².